The van der Waals surface area contributed by atoms with Gasteiger partial charge in [-0.25, -0.2) is 0 Å². The van der Waals surface area contributed by atoms with Crippen LogP contribution in [0.1, 0.15) is 35.3 Å². The van der Waals surface area contributed by atoms with Crippen LogP contribution in [0.5, 0.6) is 0 Å². The standard InChI is InChI=1S/C22H21ClN2O2/c23-21-12-11-20(26-21)19-15-22(24)27-25(19)14-13-18(16-7-3-1-4-8-16)17-9-5-2-6-10-17/h1-12,15,18-19H,13-14,24H2. The molecule has 4 rings (SSSR count). The van der Waals surface area contributed by atoms with Gasteiger partial charge in [0, 0.05) is 18.5 Å². The van der Waals surface area contributed by atoms with Crippen LogP contribution in [0.15, 0.2) is 89.2 Å². The number of rotatable bonds is 6. The number of nitrogens with two attached hydrogens (primary N) is 1. The summed E-state index contributed by atoms with van der Waals surface area (Å²) in [5.74, 6) is 1.36. The van der Waals surface area contributed by atoms with Crippen LogP contribution in [-0.4, -0.2) is 11.6 Å². The Balaban J connectivity index is 1.54. The first-order chi connectivity index (χ1) is 13.2. The molecule has 27 heavy (non-hydrogen) atoms. The van der Waals surface area contributed by atoms with Crippen molar-refractivity contribution in [2.75, 3.05) is 6.54 Å². The summed E-state index contributed by atoms with van der Waals surface area (Å²) in [6.07, 6.45) is 2.72. The highest BCUT2D eigenvalue weighted by atomic mass is 35.5. The summed E-state index contributed by atoms with van der Waals surface area (Å²) in [4.78, 5) is 5.73. The summed E-state index contributed by atoms with van der Waals surface area (Å²) in [7, 11) is 0. The zero-order chi connectivity index (χ0) is 18.6. The maximum atomic E-state index is 5.93. The molecule has 1 aliphatic heterocycles. The molecular formula is C22H21ClN2O2. The minimum absolute atomic E-state index is 0.176. The monoisotopic (exact) mass is 380 g/mol. The lowest BCUT2D eigenvalue weighted by Gasteiger charge is -2.25. The first-order valence-corrected chi connectivity index (χ1v) is 9.35. The number of nitrogens with zero attached hydrogens (tertiary/aromatic N) is 1. The molecule has 5 heteroatoms. The molecular weight excluding hydrogens is 360 g/mol. The van der Waals surface area contributed by atoms with E-state index in [0.717, 1.165) is 12.2 Å². The average Bonchev–Trinajstić information content (AvgIpc) is 3.29. The van der Waals surface area contributed by atoms with Crippen LogP contribution in [0.4, 0.5) is 0 Å². The van der Waals surface area contributed by atoms with Crippen molar-refractivity contribution in [1.29, 1.82) is 0 Å². The second-order valence-electron chi connectivity index (χ2n) is 6.55. The summed E-state index contributed by atoms with van der Waals surface area (Å²) in [6.45, 7) is 0.689. The average molecular weight is 381 g/mol. The van der Waals surface area contributed by atoms with Crippen LogP contribution in [0.3, 0.4) is 0 Å². The molecule has 4 nitrogen and oxygen atoms in total. The van der Waals surface area contributed by atoms with E-state index in [0.29, 0.717) is 17.6 Å². The fraction of sp³-hybridized carbons (Fsp3) is 0.182. The van der Waals surface area contributed by atoms with Gasteiger partial charge in [0.15, 0.2) is 5.22 Å². The highest BCUT2D eigenvalue weighted by molar-refractivity contribution is 6.28. The van der Waals surface area contributed by atoms with E-state index < -0.39 is 0 Å². The Kier molecular flexibility index (Phi) is 5.19. The van der Waals surface area contributed by atoms with E-state index in [1.165, 1.54) is 11.1 Å². The Morgan fingerprint density at radius 1 is 0.926 bits per heavy atom. The summed E-state index contributed by atoms with van der Waals surface area (Å²) in [6, 6.07) is 24.4. The van der Waals surface area contributed by atoms with Gasteiger partial charge in [-0.3, -0.25) is 0 Å². The number of halogens is 1. The molecule has 0 spiro atoms. The Bertz CT molecular complexity index is 869. The van der Waals surface area contributed by atoms with Gasteiger partial charge in [-0.2, -0.15) is 0 Å². The molecule has 1 aliphatic rings. The summed E-state index contributed by atoms with van der Waals surface area (Å²) >= 11 is 5.93. The predicted molar refractivity (Wildman–Crippen MR) is 106 cm³/mol. The maximum Gasteiger partial charge on any atom is 0.207 e. The molecule has 2 heterocycles. The highest BCUT2D eigenvalue weighted by Gasteiger charge is 2.30. The van der Waals surface area contributed by atoms with Gasteiger partial charge in [0.25, 0.3) is 0 Å². The smallest absolute Gasteiger partial charge is 0.207 e. The number of hydrogen-bond acceptors (Lipinski definition) is 4. The molecule has 0 aliphatic carbocycles. The quantitative estimate of drug-likeness (QED) is 0.635. The van der Waals surface area contributed by atoms with Crippen LogP contribution in [-0.2, 0) is 4.84 Å². The Hall–Kier alpha value is -2.69. The third kappa shape index (κ3) is 4.02. The first kappa shape index (κ1) is 17.7. The highest BCUT2D eigenvalue weighted by Crippen LogP contribution is 2.34. The van der Waals surface area contributed by atoms with E-state index in [-0.39, 0.29) is 12.0 Å². The van der Waals surface area contributed by atoms with Crippen molar-refractivity contribution in [2.24, 2.45) is 5.73 Å². The number of benzene rings is 2. The van der Waals surface area contributed by atoms with E-state index in [1.807, 2.05) is 29.3 Å². The lowest BCUT2D eigenvalue weighted by molar-refractivity contribution is -0.124. The summed E-state index contributed by atoms with van der Waals surface area (Å²) < 4.78 is 5.57. The van der Waals surface area contributed by atoms with Crippen molar-refractivity contribution in [3.05, 3.63) is 107 Å². The second-order valence-corrected chi connectivity index (χ2v) is 6.92. The maximum absolute atomic E-state index is 5.93. The van der Waals surface area contributed by atoms with Gasteiger partial charge < -0.3 is 15.0 Å². The molecule has 1 unspecified atom stereocenters. The molecule has 0 bridgehead atoms. The van der Waals surface area contributed by atoms with E-state index in [4.69, 9.17) is 26.6 Å². The van der Waals surface area contributed by atoms with Crippen molar-refractivity contribution < 1.29 is 9.25 Å². The normalized spacial score (nSPS) is 17.1. The molecule has 3 aromatic rings. The van der Waals surface area contributed by atoms with Gasteiger partial charge >= 0.3 is 0 Å². The topological polar surface area (TPSA) is 51.6 Å². The number of hydrogen-bond donors (Lipinski definition) is 1. The Morgan fingerprint density at radius 3 is 2.11 bits per heavy atom. The third-order valence-corrected chi connectivity index (χ3v) is 4.99. The van der Waals surface area contributed by atoms with Crippen LogP contribution < -0.4 is 5.73 Å². The zero-order valence-corrected chi connectivity index (χ0v) is 15.5. The predicted octanol–water partition coefficient (Wildman–Crippen LogP) is 5.24. The van der Waals surface area contributed by atoms with Crippen molar-refractivity contribution in [3.8, 4) is 0 Å². The molecule has 1 atom stereocenters. The summed E-state index contributed by atoms with van der Waals surface area (Å²) in [5.41, 5.74) is 8.47. The van der Waals surface area contributed by atoms with E-state index >= 15 is 0 Å². The molecule has 2 aromatic carbocycles. The zero-order valence-electron chi connectivity index (χ0n) is 14.8. The Labute approximate surface area is 163 Å². The summed E-state index contributed by atoms with van der Waals surface area (Å²) in [5, 5.41) is 2.21. The molecule has 2 N–H and O–H groups in total. The van der Waals surface area contributed by atoms with Gasteiger partial charge in [0.05, 0.1) is 0 Å². The van der Waals surface area contributed by atoms with Gasteiger partial charge in [-0.15, -0.1) is 5.06 Å². The fourth-order valence-electron chi connectivity index (χ4n) is 3.51. The fourth-order valence-corrected chi connectivity index (χ4v) is 3.66. The molecule has 0 fully saturated rings. The number of furan rings is 1. The lowest BCUT2D eigenvalue weighted by atomic mass is 9.88. The largest absolute Gasteiger partial charge is 0.448 e. The van der Waals surface area contributed by atoms with Crippen molar-refractivity contribution >= 4 is 11.6 Å². The molecule has 1 aromatic heterocycles. The third-order valence-electron chi connectivity index (χ3n) is 4.78. The van der Waals surface area contributed by atoms with Crippen molar-refractivity contribution in [2.45, 2.75) is 18.4 Å². The molecule has 0 saturated carbocycles. The Morgan fingerprint density at radius 2 is 1.56 bits per heavy atom. The van der Waals surface area contributed by atoms with Gasteiger partial charge in [-0.1, -0.05) is 60.7 Å². The van der Waals surface area contributed by atoms with E-state index in [2.05, 4.69) is 48.5 Å². The molecule has 0 amide bonds. The molecule has 0 saturated heterocycles. The van der Waals surface area contributed by atoms with Gasteiger partial charge in [-0.05, 0) is 41.3 Å². The van der Waals surface area contributed by atoms with E-state index in [9.17, 15) is 0 Å². The van der Waals surface area contributed by atoms with Crippen LogP contribution in [0, 0.1) is 0 Å². The van der Waals surface area contributed by atoms with Gasteiger partial charge in [0.1, 0.15) is 11.8 Å². The SMILES string of the molecule is NC1=CC(c2ccc(Cl)o2)N(CCC(c2ccccc2)c2ccccc2)O1. The second kappa shape index (κ2) is 7.91. The van der Waals surface area contributed by atoms with Crippen LogP contribution in [0.2, 0.25) is 5.22 Å². The molecule has 0 radical (unpaired) electrons. The van der Waals surface area contributed by atoms with Crippen molar-refractivity contribution in [1.82, 2.24) is 5.06 Å². The van der Waals surface area contributed by atoms with Crippen molar-refractivity contribution in [3.63, 3.8) is 0 Å². The number of hydroxylamine groups is 2. The van der Waals surface area contributed by atoms with Crippen LogP contribution >= 0.6 is 11.6 Å². The van der Waals surface area contributed by atoms with Crippen LogP contribution in [0.25, 0.3) is 0 Å². The first-order valence-electron chi connectivity index (χ1n) is 8.98. The lowest BCUT2D eigenvalue weighted by Crippen LogP contribution is -2.26. The van der Waals surface area contributed by atoms with Gasteiger partial charge in [0.2, 0.25) is 5.88 Å². The molecule has 138 valence electrons. The minimum atomic E-state index is -0.176. The van der Waals surface area contributed by atoms with E-state index in [1.54, 1.807) is 6.07 Å². The minimum Gasteiger partial charge on any atom is -0.448 e.